The van der Waals surface area contributed by atoms with Gasteiger partial charge in [-0.25, -0.2) is 4.99 Å². The zero-order valence-electron chi connectivity index (χ0n) is 13.9. The summed E-state index contributed by atoms with van der Waals surface area (Å²) < 4.78 is 0. The molecule has 0 radical (unpaired) electrons. The minimum Gasteiger partial charge on any atom is -0.242 e. The Morgan fingerprint density at radius 2 is 1.64 bits per heavy atom. The summed E-state index contributed by atoms with van der Waals surface area (Å²) in [6.45, 7) is 2.10. The van der Waals surface area contributed by atoms with Crippen LogP contribution in [0.3, 0.4) is 0 Å². The highest BCUT2D eigenvalue weighted by Crippen LogP contribution is 2.24. The Hall–Kier alpha value is -1.27. The molecule has 0 atom stereocenters. The van der Waals surface area contributed by atoms with Gasteiger partial charge in [0.1, 0.15) is 0 Å². The van der Waals surface area contributed by atoms with Gasteiger partial charge in [-0.15, -0.1) is 46.2 Å². The molecule has 5 heteroatoms. The van der Waals surface area contributed by atoms with E-state index in [1.54, 1.807) is 34.4 Å². The Bertz CT molecular complexity index is 800. The van der Waals surface area contributed by atoms with Crippen LogP contribution >= 0.6 is 46.2 Å². The van der Waals surface area contributed by atoms with Crippen LogP contribution in [-0.2, 0) is 11.5 Å². The molecule has 0 saturated carbocycles. The second kappa shape index (κ2) is 10.0. The molecule has 3 aromatic rings. The highest BCUT2D eigenvalue weighted by Gasteiger charge is 2.01. The molecule has 1 nitrogen and oxygen atoms in total. The van der Waals surface area contributed by atoms with Gasteiger partial charge in [0.25, 0.3) is 0 Å². The molecule has 128 valence electrons. The van der Waals surface area contributed by atoms with Crippen molar-refractivity contribution in [3.8, 4) is 0 Å². The van der Waals surface area contributed by atoms with Gasteiger partial charge in [-0.2, -0.15) is 0 Å². The van der Waals surface area contributed by atoms with Gasteiger partial charge in [-0.1, -0.05) is 29.8 Å². The second-order valence-electron chi connectivity index (χ2n) is 5.35. The molecular weight excluding hydrogens is 382 g/mol. The van der Waals surface area contributed by atoms with E-state index in [1.165, 1.54) is 15.3 Å². The fourth-order valence-corrected chi connectivity index (χ4v) is 5.33. The molecule has 25 heavy (non-hydrogen) atoms. The van der Waals surface area contributed by atoms with Crippen LogP contribution in [0, 0.1) is 6.92 Å². The summed E-state index contributed by atoms with van der Waals surface area (Å²) in [5, 5.41) is 7.46. The van der Waals surface area contributed by atoms with Gasteiger partial charge in [-0.05, 0) is 53.4 Å². The van der Waals surface area contributed by atoms with Gasteiger partial charge >= 0.3 is 0 Å². The normalized spacial score (nSPS) is 12.1. The van der Waals surface area contributed by atoms with Crippen LogP contribution in [0.15, 0.2) is 75.8 Å². The van der Waals surface area contributed by atoms with E-state index in [2.05, 4.69) is 77.7 Å². The summed E-state index contributed by atoms with van der Waals surface area (Å²) in [5.74, 6) is 1.98. The Morgan fingerprint density at radius 3 is 2.28 bits per heavy atom. The summed E-state index contributed by atoms with van der Waals surface area (Å²) in [4.78, 5) is 7.60. The van der Waals surface area contributed by atoms with Crippen LogP contribution in [0.1, 0.15) is 15.3 Å². The maximum absolute atomic E-state index is 4.82. The van der Waals surface area contributed by atoms with Crippen LogP contribution in [-0.4, -0.2) is 5.04 Å². The standard InChI is InChI=1S/C20H19NS4/c1-16-6-8-17(9-7-16)21-20(25-15-19-5-3-12-24-19)10-13-22-14-18-4-2-11-23-18/h2-13H,14-15H2,1H3. The lowest BCUT2D eigenvalue weighted by Crippen LogP contribution is -1.87. The first kappa shape index (κ1) is 18.5. The molecule has 0 aliphatic rings. The van der Waals surface area contributed by atoms with Crippen LogP contribution in [0.2, 0.25) is 0 Å². The van der Waals surface area contributed by atoms with Gasteiger partial charge in [0, 0.05) is 21.3 Å². The number of hydrogen-bond donors (Lipinski definition) is 0. The highest BCUT2D eigenvalue weighted by atomic mass is 32.2. The molecule has 0 N–H and O–H groups in total. The summed E-state index contributed by atoms with van der Waals surface area (Å²) in [7, 11) is 0. The number of benzene rings is 1. The fourth-order valence-electron chi connectivity index (χ4n) is 2.04. The zero-order chi connectivity index (χ0) is 17.3. The third-order valence-electron chi connectivity index (χ3n) is 3.33. The average molecular weight is 402 g/mol. The molecule has 0 amide bonds. The SMILES string of the molecule is Cc1ccc(N=C(C=CSCc2cccs2)SCc2cccs2)cc1. The van der Waals surface area contributed by atoms with Crippen LogP contribution in [0.5, 0.6) is 0 Å². The number of aliphatic imine (C=N–C) groups is 1. The third-order valence-corrected chi connectivity index (χ3v) is 7.23. The highest BCUT2D eigenvalue weighted by molar-refractivity contribution is 8.13. The minimum absolute atomic E-state index is 0.961. The van der Waals surface area contributed by atoms with Crippen molar-refractivity contribution < 1.29 is 0 Å². The second-order valence-corrected chi connectivity index (χ2v) is 9.30. The number of aryl methyl sites for hydroxylation is 1. The predicted octanol–water partition coefficient (Wildman–Crippen LogP) is 7.53. The molecule has 2 aromatic heterocycles. The number of hydrogen-bond acceptors (Lipinski definition) is 5. The van der Waals surface area contributed by atoms with Crippen molar-refractivity contribution in [1.82, 2.24) is 0 Å². The van der Waals surface area contributed by atoms with Gasteiger partial charge < -0.3 is 0 Å². The van der Waals surface area contributed by atoms with Crippen LogP contribution < -0.4 is 0 Å². The molecule has 2 heterocycles. The van der Waals surface area contributed by atoms with Crippen molar-refractivity contribution in [2.24, 2.45) is 4.99 Å². The first-order valence-electron chi connectivity index (χ1n) is 7.91. The maximum atomic E-state index is 4.82. The first-order valence-corrected chi connectivity index (χ1v) is 11.7. The number of thioether (sulfide) groups is 2. The van der Waals surface area contributed by atoms with Crippen molar-refractivity contribution in [3.63, 3.8) is 0 Å². The van der Waals surface area contributed by atoms with Crippen molar-refractivity contribution in [2.75, 3.05) is 0 Å². The molecular formula is C20H19NS4. The van der Waals surface area contributed by atoms with Crippen molar-refractivity contribution in [2.45, 2.75) is 18.4 Å². The zero-order valence-corrected chi connectivity index (χ0v) is 17.2. The van der Waals surface area contributed by atoms with Crippen molar-refractivity contribution in [3.05, 3.63) is 86.1 Å². The minimum atomic E-state index is 0.961. The molecule has 0 unspecified atom stereocenters. The smallest absolute Gasteiger partial charge is 0.0975 e. The summed E-state index contributed by atoms with van der Waals surface area (Å²) in [6, 6.07) is 16.9. The van der Waals surface area contributed by atoms with E-state index in [1.807, 2.05) is 11.8 Å². The summed E-state index contributed by atoms with van der Waals surface area (Å²) >= 11 is 7.20. The molecule has 0 bridgehead atoms. The molecule has 0 spiro atoms. The molecule has 0 aliphatic heterocycles. The molecule has 0 fully saturated rings. The quantitative estimate of drug-likeness (QED) is 0.300. The summed E-state index contributed by atoms with van der Waals surface area (Å²) in [5.41, 5.74) is 2.26. The molecule has 0 saturated heterocycles. The lowest BCUT2D eigenvalue weighted by atomic mass is 10.2. The molecule has 0 aliphatic carbocycles. The molecule has 1 aromatic carbocycles. The van der Waals surface area contributed by atoms with Gasteiger partial charge in [0.15, 0.2) is 0 Å². The fraction of sp³-hybridized carbons (Fsp3) is 0.150. The van der Waals surface area contributed by atoms with E-state index in [0.29, 0.717) is 0 Å². The molecule has 3 rings (SSSR count). The number of thiophene rings is 2. The van der Waals surface area contributed by atoms with E-state index in [9.17, 15) is 0 Å². The number of rotatable bonds is 7. The Kier molecular flexibility index (Phi) is 7.42. The van der Waals surface area contributed by atoms with E-state index in [0.717, 1.165) is 22.2 Å². The van der Waals surface area contributed by atoms with Crippen molar-refractivity contribution >= 4 is 56.9 Å². The van der Waals surface area contributed by atoms with Gasteiger partial charge in [0.2, 0.25) is 0 Å². The maximum Gasteiger partial charge on any atom is 0.0975 e. The average Bonchev–Trinajstić information content (AvgIpc) is 3.32. The monoisotopic (exact) mass is 401 g/mol. The van der Waals surface area contributed by atoms with Crippen LogP contribution in [0.25, 0.3) is 0 Å². The van der Waals surface area contributed by atoms with E-state index < -0.39 is 0 Å². The lowest BCUT2D eigenvalue weighted by Gasteiger charge is -2.02. The summed E-state index contributed by atoms with van der Waals surface area (Å²) in [6.07, 6.45) is 2.14. The predicted molar refractivity (Wildman–Crippen MR) is 119 cm³/mol. The largest absolute Gasteiger partial charge is 0.242 e. The van der Waals surface area contributed by atoms with E-state index in [-0.39, 0.29) is 0 Å². The van der Waals surface area contributed by atoms with Crippen LogP contribution in [0.4, 0.5) is 5.69 Å². The Balaban J connectivity index is 1.65. The van der Waals surface area contributed by atoms with Gasteiger partial charge in [0.05, 0.1) is 10.7 Å². The van der Waals surface area contributed by atoms with Crippen molar-refractivity contribution in [1.29, 1.82) is 0 Å². The van der Waals surface area contributed by atoms with E-state index >= 15 is 0 Å². The third kappa shape index (κ3) is 6.51. The first-order chi connectivity index (χ1) is 12.3. The van der Waals surface area contributed by atoms with Gasteiger partial charge in [-0.3, -0.25) is 0 Å². The number of nitrogens with zero attached hydrogens (tertiary/aromatic N) is 1. The Morgan fingerprint density at radius 1 is 0.960 bits per heavy atom. The topological polar surface area (TPSA) is 12.4 Å². The Labute approximate surface area is 165 Å². The lowest BCUT2D eigenvalue weighted by molar-refractivity contribution is 1.44. The van der Waals surface area contributed by atoms with E-state index in [4.69, 9.17) is 4.99 Å².